The van der Waals surface area contributed by atoms with Gasteiger partial charge in [-0.1, -0.05) is 54.6 Å². The summed E-state index contributed by atoms with van der Waals surface area (Å²) in [6.07, 6.45) is 0. The summed E-state index contributed by atoms with van der Waals surface area (Å²) >= 11 is 0. The molecule has 3 nitrogen and oxygen atoms in total. The Hall–Kier alpha value is -4.50. The van der Waals surface area contributed by atoms with Gasteiger partial charge < -0.3 is 13.2 Å². The molecule has 3 heteroatoms. The van der Waals surface area contributed by atoms with Crippen molar-refractivity contribution in [3.63, 3.8) is 0 Å². The molecule has 0 bridgehead atoms. The van der Waals surface area contributed by atoms with Gasteiger partial charge in [-0.15, -0.1) is 0 Å². The van der Waals surface area contributed by atoms with Crippen LogP contribution in [0.5, 0.6) is 0 Å². The molecule has 0 unspecified atom stereocenters. The quantitative estimate of drug-likeness (QED) is 0.245. The molecular formula is C30H15NO2. The average Bonchev–Trinajstić information content (AvgIpc) is 3.58. The molecule has 0 amide bonds. The topological polar surface area (TPSA) is 30.7 Å². The number of fused-ring (bicyclic) bond motifs is 13. The van der Waals surface area contributed by atoms with E-state index in [-0.39, 0.29) is 0 Å². The van der Waals surface area contributed by atoms with E-state index in [1.54, 1.807) is 0 Å². The van der Waals surface area contributed by atoms with Crippen LogP contribution in [-0.2, 0) is 0 Å². The van der Waals surface area contributed by atoms with Crippen molar-refractivity contribution in [1.82, 2.24) is 4.40 Å². The van der Waals surface area contributed by atoms with E-state index < -0.39 is 0 Å². The Balaban J connectivity index is 1.66. The van der Waals surface area contributed by atoms with E-state index in [1.807, 2.05) is 18.2 Å². The van der Waals surface area contributed by atoms with E-state index in [9.17, 15) is 0 Å². The first-order valence-electron chi connectivity index (χ1n) is 11.2. The third-order valence-electron chi connectivity index (χ3n) is 7.31. The van der Waals surface area contributed by atoms with E-state index >= 15 is 0 Å². The van der Waals surface area contributed by atoms with E-state index in [2.05, 4.69) is 77.2 Å². The molecule has 33 heavy (non-hydrogen) atoms. The molecule has 0 N–H and O–H groups in total. The van der Waals surface area contributed by atoms with Crippen LogP contribution in [0, 0.1) is 0 Å². The number of rotatable bonds is 0. The molecule has 0 fully saturated rings. The lowest BCUT2D eigenvalue weighted by Gasteiger charge is -1.99. The third-order valence-corrected chi connectivity index (χ3v) is 7.31. The van der Waals surface area contributed by atoms with Crippen molar-refractivity contribution < 1.29 is 8.83 Å². The first-order chi connectivity index (χ1) is 16.4. The molecule has 0 spiro atoms. The van der Waals surface area contributed by atoms with Gasteiger partial charge in [0.25, 0.3) is 0 Å². The minimum atomic E-state index is 0.909. The molecule has 0 saturated heterocycles. The van der Waals surface area contributed by atoms with Crippen molar-refractivity contribution >= 4 is 82.0 Å². The lowest BCUT2D eigenvalue weighted by atomic mass is 10.0. The highest BCUT2D eigenvalue weighted by Crippen LogP contribution is 2.46. The lowest BCUT2D eigenvalue weighted by molar-refractivity contribution is 0.669. The molecule has 5 aromatic carbocycles. The fourth-order valence-electron chi connectivity index (χ4n) is 5.95. The zero-order chi connectivity index (χ0) is 21.3. The van der Waals surface area contributed by atoms with Crippen molar-refractivity contribution in [2.24, 2.45) is 0 Å². The molecule has 0 saturated carbocycles. The maximum atomic E-state index is 6.50. The van der Waals surface area contributed by atoms with Gasteiger partial charge in [0.2, 0.25) is 0 Å². The summed E-state index contributed by atoms with van der Waals surface area (Å²) in [4.78, 5) is 0. The van der Waals surface area contributed by atoms with Crippen LogP contribution in [0.1, 0.15) is 0 Å². The fraction of sp³-hybridized carbons (Fsp3) is 0. The maximum absolute atomic E-state index is 6.50. The largest absolute Gasteiger partial charge is 0.456 e. The van der Waals surface area contributed by atoms with Crippen LogP contribution in [0.4, 0.5) is 0 Å². The van der Waals surface area contributed by atoms with E-state index in [4.69, 9.17) is 8.83 Å². The van der Waals surface area contributed by atoms with Crippen LogP contribution < -0.4 is 0 Å². The molecule has 4 heterocycles. The van der Waals surface area contributed by atoms with Gasteiger partial charge in [0.05, 0.1) is 21.9 Å². The van der Waals surface area contributed by atoms with Crippen molar-refractivity contribution in [1.29, 1.82) is 0 Å². The van der Waals surface area contributed by atoms with Gasteiger partial charge in [-0.05, 0) is 36.4 Å². The highest BCUT2D eigenvalue weighted by atomic mass is 16.3. The summed E-state index contributed by atoms with van der Waals surface area (Å²) < 4.78 is 15.2. The molecule has 0 radical (unpaired) electrons. The number of aromatic nitrogens is 1. The molecule has 9 rings (SSSR count). The van der Waals surface area contributed by atoms with Gasteiger partial charge in [-0.2, -0.15) is 0 Å². The van der Waals surface area contributed by atoms with Gasteiger partial charge in [-0.3, -0.25) is 0 Å². The van der Waals surface area contributed by atoms with Gasteiger partial charge >= 0.3 is 0 Å². The Morgan fingerprint density at radius 1 is 0.455 bits per heavy atom. The van der Waals surface area contributed by atoms with Gasteiger partial charge in [0.15, 0.2) is 0 Å². The molecule has 152 valence electrons. The average molecular weight is 421 g/mol. The SMILES string of the molecule is c1ccc2c(c1)oc1cc3c4c5oc6ccccc6c5cc5c6ccccc6n(c3cc12)c54. The summed E-state index contributed by atoms with van der Waals surface area (Å²) in [6.45, 7) is 0. The van der Waals surface area contributed by atoms with Gasteiger partial charge in [-0.25, -0.2) is 0 Å². The zero-order valence-corrected chi connectivity index (χ0v) is 17.4. The molecule has 0 aliphatic heterocycles. The highest BCUT2D eigenvalue weighted by Gasteiger charge is 2.23. The van der Waals surface area contributed by atoms with Gasteiger partial charge in [0, 0.05) is 37.7 Å². The number of hydrogen-bond donors (Lipinski definition) is 0. The zero-order valence-electron chi connectivity index (χ0n) is 17.4. The predicted octanol–water partition coefficient (Wildman–Crippen LogP) is 8.64. The summed E-state index contributed by atoms with van der Waals surface area (Å²) in [5.41, 5.74) is 7.31. The van der Waals surface area contributed by atoms with Crippen LogP contribution in [0.2, 0.25) is 0 Å². The first-order valence-corrected chi connectivity index (χ1v) is 11.2. The van der Waals surface area contributed by atoms with Crippen LogP contribution in [0.3, 0.4) is 0 Å². The van der Waals surface area contributed by atoms with Gasteiger partial charge in [0.1, 0.15) is 22.3 Å². The molecule has 0 atom stereocenters. The Labute approximate surface area is 186 Å². The standard InChI is InChI=1S/C30H15NO2/c1-4-10-23-16(7-1)20-13-21-18-9-3-6-12-26(18)33-30(21)28-22-15-27-19(14-24(22)31(23)29(20)28)17-8-2-5-11-25(17)32-27/h1-15H. The second-order valence-corrected chi connectivity index (χ2v) is 8.94. The Bertz CT molecular complexity index is 2240. The summed E-state index contributed by atoms with van der Waals surface area (Å²) in [5, 5.41) is 9.45. The Morgan fingerprint density at radius 2 is 1.15 bits per heavy atom. The lowest BCUT2D eigenvalue weighted by Crippen LogP contribution is -1.79. The number of para-hydroxylation sites is 3. The van der Waals surface area contributed by atoms with Crippen molar-refractivity contribution in [2.45, 2.75) is 0 Å². The molecule has 0 aliphatic rings. The van der Waals surface area contributed by atoms with Crippen molar-refractivity contribution in [3.05, 3.63) is 91.0 Å². The monoisotopic (exact) mass is 421 g/mol. The summed E-state index contributed by atoms with van der Waals surface area (Å²) in [5.74, 6) is 0. The normalized spacial score (nSPS) is 12.8. The molecule has 4 aromatic heterocycles. The smallest absolute Gasteiger partial charge is 0.145 e. The second-order valence-electron chi connectivity index (χ2n) is 8.94. The third kappa shape index (κ3) is 1.77. The van der Waals surface area contributed by atoms with Crippen LogP contribution in [-0.4, -0.2) is 4.40 Å². The van der Waals surface area contributed by atoms with E-state index in [0.717, 1.165) is 54.6 Å². The minimum absolute atomic E-state index is 0.909. The number of nitrogens with zero attached hydrogens (tertiary/aromatic N) is 1. The predicted molar refractivity (Wildman–Crippen MR) is 136 cm³/mol. The van der Waals surface area contributed by atoms with E-state index in [1.165, 1.54) is 27.3 Å². The molecular weight excluding hydrogens is 406 g/mol. The maximum Gasteiger partial charge on any atom is 0.145 e. The summed E-state index contributed by atoms with van der Waals surface area (Å²) in [7, 11) is 0. The Kier molecular flexibility index (Phi) is 2.59. The van der Waals surface area contributed by atoms with Crippen LogP contribution in [0.25, 0.3) is 82.0 Å². The van der Waals surface area contributed by atoms with Crippen LogP contribution in [0.15, 0.2) is 99.8 Å². The second kappa shape index (κ2) is 5.28. The number of furan rings is 2. The van der Waals surface area contributed by atoms with Crippen molar-refractivity contribution in [3.8, 4) is 0 Å². The molecule has 0 aliphatic carbocycles. The molecule has 9 aromatic rings. The fourth-order valence-corrected chi connectivity index (χ4v) is 5.95. The number of hydrogen-bond acceptors (Lipinski definition) is 2. The van der Waals surface area contributed by atoms with Crippen molar-refractivity contribution in [2.75, 3.05) is 0 Å². The Morgan fingerprint density at radius 3 is 2.00 bits per heavy atom. The summed E-state index contributed by atoms with van der Waals surface area (Å²) in [6, 6.07) is 32.1. The van der Waals surface area contributed by atoms with Crippen LogP contribution >= 0.6 is 0 Å². The highest BCUT2D eigenvalue weighted by molar-refractivity contribution is 6.33. The van der Waals surface area contributed by atoms with E-state index in [0.29, 0.717) is 0 Å². The minimum Gasteiger partial charge on any atom is -0.456 e. The number of benzene rings is 5. The first kappa shape index (κ1) is 16.2.